The van der Waals surface area contributed by atoms with Gasteiger partial charge >= 0.3 is 0 Å². The minimum absolute atomic E-state index is 0.194. The molecule has 2 saturated carbocycles. The standard InChI is InChI=1S/C18H24N2O2/c1-22-15-4-2-3-13(11-15)16-12-17(16)18(21)20-9-7-19(8-10-20)14-5-6-14/h2-4,11,14,16-17H,5-10,12H2,1H3/t16-,17+/m0/s1. The third-order valence-corrected chi connectivity index (χ3v) is 5.32. The Bertz CT molecular complexity index is 562. The summed E-state index contributed by atoms with van der Waals surface area (Å²) in [6.45, 7) is 3.95. The predicted octanol–water partition coefficient (Wildman–Crippen LogP) is 2.11. The molecule has 22 heavy (non-hydrogen) atoms. The van der Waals surface area contributed by atoms with Gasteiger partial charge in [0.1, 0.15) is 5.75 Å². The Morgan fingerprint density at radius 1 is 1.18 bits per heavy atom. The quantitative estimate of drug-likeness (QED) is 0.854. The van der Waals surface area contributed by atoms with Gasteiger partial charge in [0.05, 0.1) is 7.11 Å². The topological polar surface area (TPSA) is 32.8 Å². The van der Waals surface area contributed by atoms with Crippen LogP contribution in [0.15, 0.2) is 24.3 Å². The van der Waals surface area contributed by atoms with Crippen LogP contribution in [-0.4, -0.2) is 55.0 Å². The summed E-state index contributed by atoms with van der Waals surface area (Å²) in [7, 11) is 1.69. The van der Waals surface area contributed by atoms with Gasteiger partial charge in [0.2, 0.25) is 5.91 Å². The second-order valence-corrected chi connectivity index (χ2v) is 6.82. The number of carbonyl (C=O) groups is 1. The molecular weight excluding hydrogens is 276 g/mol. The van der Waals surface area contributed by atoms with Crippen molar-refractivity contribution in [1.82, 2.24) is 9.80 Å². The second-order valence-electron chi connectivity index (χ2n) is 6.82. The molecule has 0 radical (unpaired) electrons. The molecule has 2 atom stereocenters. The van der Waals surface area contributed by atoms with E-state index in [4.69, 9.17) is 4.74 Å². The van der Waals surface area contributed by atoms with Crippen LogP contribution in [0.1, 0.15) is 30.7 Å². The number of methoxy groups -OCH3 is 1. The minimum atomic E-state index is 0.194. The van der Waals surface area contributed by atoms with E-state index in [0.29, 0.717) is 11.8 Å². The van der Waals surface area contributed by atoms with E-state index in [1.54, 1.807) is 7.11 Å². The van der Waals surface area contributed by atoms with Crippen LogP contribution >= 0.6 is 0 Å². The highest BCUT2D eigenvalue weighted by molar-refractivity contribution is 5.83. The average molecular weight is 300 g/mol. The molecule has 1 amide bonds. The van der Waals surface area contributed by atoms with E-state index in [1.807, 2.05) is 12.1 Å². The van der Waals surface area contributed by atoms with E-state index in [0.717, 1.165) is 44.4 Å². The smallest absolute Gasteiger partial charge is 0.226 e. The lowest BCUT2D eigenvalue weighted by Gasteiger charge is -2.35. The molecule has 0 aromatic heterocycles. The largest absolute Gasteiger partial charge is 0.497 e. The van der Waals surface area contributed by atoms with Crippen molar-refractivity contribution >= 4 is 5.91 Å². The summed E-state index contributed by atoms with van der Waals surface area (Å²) in [5, 5.41) is 0. The highest BCUT2D eigenvalue weighted by atomic mass is 16.5. The van der Waals surface area contributed by atoms with Crippen LogP contribution in [0.2, 0.25) is 0 Å². The zero-order valence-electron chi connectivity index (χ0n) is 13.2. The minimum Gasteiger partial charge on any atom is -0.497 e. The maximum absolute atomic E-state index is 12.7. The molecule has 1 aromatic carbocycles. The van der Waals surface area contributed by atoms with Crippen molar-refractivity contribution in [3.8, 4) is 5.75 Å². The van der Waals surface area contributed by atoms with Crippen molar-refractivity contribution in [3.63, 3.8) is 0 Å². The van der Waals surface area contributed by atoms with Crippen LogP contribution in [-0.2, 0) is 4.79 Å². The SMILES string of the molecule is COc1cccc([C@@H]2C[C@H]2C(=O)N2CCN(C3CC3)CC2)c1. The predicted molar refractivity (Wildman–Crippen MR) is 85.0 cm³/mol. The Kier molecular flexibility index (Phi) is 3.57. The molecule has 1 aromatic rings. The maximum Gasteiger partial charge on any atom is 0.226 e. The van der Waals surface area contributed by atoms with E-state index in [2.05, 4.69) is 21.9 Å². The van der Waals surface area contributed by atoms with Gasteiger partial charge in [-0.3, -0.25) is 9.69 Å². The van der Waals surface area contributed by atoms with E-state index in [-0.39, 0.29) is 5.92 Å². The van der Waals surface area contributed by atoms with Crippen molar-refractivity contribution in [1.29, 1.82) is 0 Å². The van der Waals surface area contributed by atoms with Crippen LogP contribution < -0.4 is 4.74 Å². The summed E-state index contributed by atoms with van der Waals surface area (Å²) in [5.74, 6) is 1.83. The van der Waals surface area contributed by atoms with Crippen LogP contribution in [0.25, 0.3) is 0 Å². The molecule has 1 aliphatic heterocycles. The molecule has 1 heterocycles. The highest BCUT2D eigenvalue weighted by Gasteiger charge is 2.46. The summed E-state index contributed by atoms with van der Waals surface area (Å²) in [6.07, 6.45) is 3.71. The summed E-state index contributed by atoms with van der Waals surface area (Å²) in [6, 6.07) is 8.99. The summed E-state index contributed by atoms with van der Waals surface area (Å²) in [5.41, 5.74) is 1.24. The molecule has 2 aliphatic carbocycles. The molecule has 1 saturated heterocycles. The Morgan fingerprint density at radius 2 is 1.95 bits per heavy atom. The fourth-order valence-corrected chi connectivity index (χ4v) is 3.69. The van der Waals surface area contributed by atoms with Crippen molar-refractivity contribution in [2.24, 2.45) is 5.92 Å². The summed E-state index contributed by atoms with van der Waals surface area (Å²) >= 11 is 0. The molecule has 0 N–H and O–H groups in total. The van der Waals surface area contributed by atoms with E-state index in [1.165, 1.54) is 18.4 Å². The van der Waals surface area contributed by atoms with Crippen LogP contribution in [0.5, 0.6) is 5.75 Å². The number of amides is 1. The average Bonchev–Trinajstić information content (AvgIpc) is 3.47. The number of benzene rings is 1. The van der Waals surface area contributed by atoms with Gasteiger partial charge in [-0.1, -0.05) is 12.1 Å². The number of carbonyl (C=O) groups excluding carboxylic acids is 1. The molecule has 4 nitrogen and oxygen atoms in total. The van der Waals surface area contributed by atoms with Crippen molar-refractivity contribution < 1.29 is 9.53 Å². The fourth-order valence-electron chi connectivity index (χ4n) is 3.69. The van der Waals surface area contributed by atoms with Crippen LogP contribution in [0.4, 0.5) is 0 Å². The number of nitrogens with zero attached hydrogens (tertiary/aromatic N) is 2. The van der Waals surface area contributed by atoms with Gasteiger partial charge in [-0.25, -0.2) is 0 Å². The molecule has 3 fully saturated rings. The number of hydrogen-bond acceptors (Lipinski definition) is 3. The van der Waals surface area contributed by atoms with Gasteiger partial charge in [-0.15, -0.1) is 0 Å². The zero-order valence-corrected chi connectivity index (χ0v) is 13.2. The van der Waals surface area contributed by atoms with Gasteiger partial charge in [0, 0.05) is 38.1 Å². The first-order valence-electron chi connectivity index (χ1n) is 8.43. The van der Waals surface area contributed by atoms with E-state index >= 15 is 0 Å². The third-order valence-electron chi connectivity index (χ3n) is 5.32. The summed E-state index contributed by atoms with van der Waals surface area (Å²) in [4.78, 5) is 17.3. The number of rotatable bonds is 4. The van der Waals surface area contributed by atoms with E-state index < -0.39 is 0 Å². The lowest BCUT2D eigenvalue weighted by atomic mass is 10.1. The number of ether oxygens (including phenoxy) is 1. The Balaban J connectivity index is 1.34. The third kappa shape index (κ3) is 2.72. The molecule has 3 aliphatic rings. The molecule has 118 valence electrons. The molecule has 4 heteroatoms. The number of hydrogen-bond donors (Lipinski definition) is 0. The van der Waals surface area contributed by atoms with Crippen molar-refractivity contribution in [2.75, 3.05) is 33.3 Å². The molecule has 0 spiro atoms. The van der Waals surface area contributed by atoms with Gasteiger partial charge in [0.25, 0.3) is 0 Å². The normalized spacial score (nSPS) is 28.5. The Labute approximate surface area is 132 Å². The van der Waals surface area contributed by atoms with Crippen LogP contribution in [0.3, 0.4) is 0 Å². The monoisotopic (exact) mass is 300 g/mol. The van der Waals surface area contributed by atoms with Gasteiger partial charge in [-0.2, -0.15) is 0 Å². The Morgan fingerprint density at radius 3 is 2.64 bits per heavy atom. The van der Waals surface area contributed by atoms with Crippen molar-refractivity contribution in [3.05, 3.63) is 29.8 Å². The summed E-state index contributed by atoms with van der Waals surface area (Å²) < 4.78 is 5.28. The Hall–Kier alpha value is -1.55. The van der Waals surface area contributed by atoms with E-state index in [9.17, 15) is 4.79 Å². The molecule has 0 unspecified atom stereocenters. The van der Waals surface area contributed by atoms with Gasteiger partial charge < -0.3 is 9.64 Å². The molecule has 4 rings (SSSR count). The number of piperazine rings is 1. The van der Waals surface area contributed by atoms with Gasteiger partial charge in [-0.05, 0) is 42.9 Å². The van der Waals surface area contributed by atoms with Crippen molar-refractivity contribution in [2.45, 2.75) is 31.2 Å². The first-order chi connectivity index (χ1) is 10.8. The van der Waals surface area contributed by atoms with Crippen LogP contribution in [0, 0.1) is 5.92 Å². The second kappa shape index (κ2) is 5.58. The van der Waals surface area contributed by atoms with Gasteiger partial charge in [0.15, 0.2) is 0 Å². The molecular formula is C18H24N2O2. The lowest BCUT2D eigenvalue weighted by molar-refractivity contribution is -0.134. The first kappa shape index (κ1) is 14.1. The lowest BCUT2D eigenvalue weighted by Crippen LogP contribution is -2.49. The molecule has 0 bridgehead atoms. The fraction of sp³-hybridized carbons (Fsp3) is 0.611. The highest BCUT2D eigenvalue weighted by Crippen LogP contribution is 2.49. The zero-order chi connectivity index (χ0) is 15.1. The maximum atomic E-state index is 12.7. The first-order valence-corrected chi connectivity index (χ1v) is 8.43.